The number of hydrogen-bond donors (Lipinski definition) is 1. The van der Waals surface area contributed by atoms with Crippen molar-refractivity contribution in [1.82, 2.24) is 5.32 Å². The van der Waals surface area contributed by atoms with Crippen molar-refractivity contribution in [2.75, 3.05) is 24.5 Å². The zero-order chi connectivity index (χ0) is 15.2. The van der Waals surface area contributed by atoms with Crippen LogP contribution in [0.25, 0.3) is 0 Å². The molecule has 0 radical (unpaired) electrons. The number of nitrogens with one attached hydrogen (secondary N) is 1. The van der Waals surface area contributed by atoms with Gasteiger partial charge in [-0.2, -0.15) is 0 Å². The highest BCUT2D eigenvalue weighted by molar-refractivity contribution is 6.30. The zero-order valence-electron chi connectivity index (χ0n) is 13.7. The van der Waals surface area contributed by atoms with Gasteiger partial charge in [-0.15, -0.1) is 0 Å². The first-order valence-electron chi connectivity index (χ1n) is 8.36. The third-order valence-corrected chi connectivity index (χ3v) is 4.85. The van der Waals surface area contributed by atoms with Crippen molar-refractivity contribution in [1.29, 1.82) is 0 Å². The molecule has 21 heavy (non-hydrogen) atoms. The van der Waals surface area contributed by atoms with Crippen molar-refractivity contribution in [3.8, 4) is 0 Å². The molecule has 0 bridgehead atoms. The molecule has 1 aromatic rings. The molecule has 0 saturated carbocycles. The van der Waals surface area contributed by atoms with Crippen LogP contribution in [0.1, 0.15) is 45.6 Å². The number of halogens is 1. The second-order valence-electron chi connectivity index (χ2n) is 6.52. The molecule has 0 amide bonds. The molecule has 1 heterocycles. The Hall–Kier alpha value is -0.730. The lowest BCUT2D eigenvalue weighted by Crippen LogP contribution is -2.36. The molecule has 1 N–H and O–H groups in total. The third kappa shape index (κ3) is 4.62. The van der Waals surface area contributed by atoms with Crippen LogP contribution in [0, 0.1) is 11.8 Å². The summed E-state index contributed by atoms with van der Waals surface area (Å²) in [6.45, 7) is 11.2. The summed E-state index contributed by atoms with van der Waals surface area (Å²) in [6, 6.07) is 6.32. The molecule has 1 fully saturated rings. The quantitative estimate of drug-likeness (QED) is 0.765. The molecule has 1 aromatic carbocycles. The fraction of sp³-hybridized carbons (Fsp3) is 0.667. The van der Waals surface area contributed by atoms with Gasteiger partial charge in [0.25, 0.3) is 0 Å². The molecule has 0 aromatic heterocycles. The molecular weight excluding hydrogens is 280 g/mol. The van der Waals surface area contributed by atoms with Gasteiger partial charge in [0, 0.05) is 30.3 Å². The predicted octanol–water partition coefficient (Wildman–Crippen LogP) is 4.71. The van der Waals surface area contributed by atoms with Gasteiger partial charge in [0.2, 0.25) is 0 Å². The van der Waals surface area contributed by atoms with E-state index in [1.54, 1.807) is 0 Å². The molecule has 118 valence electrons. The van der Waals surface area contributed by atoms with Crippen LogP contribution in [0.4, 0.5) is 5.69 Å². The highest BCUT2D eigenvalue weighted by Gasteiger charge is 2.23. The number of anilines is 1. The van der Waals surface area contributed by atoms with Crippen molar-refractivity contribution in [3.05, 3.63) is 28.8 Å². The van der Waals surface area contributed by atoms with Gasteiger partial charge in [-0.1, -0.05) is 38.4 Å². The van der Waals surface area contributed by atoms with Crippen LogP contribution in [-0.2, 0) is 6.54 Å². The molecule has 3 heteroatoms. The zero-order valence-corrected chi connectivity index (χ0v) is 14.4. The minimum atomic E-state index is 0.803. The maximum atomic E-state index is 6.23. The Labute approximate surface area is 134 Å². The van der Waals surface area contributed by atoms with E-state index in [1.165, 1.54) is 30.5 Å². The maximum Gasteiger partial charge on any atom is 0.0426 e. The molecule has 0 spiro atoms. The van der Waals surface area contributed by atoms with E-state index in [-0.39, 0.29) is 0 Å². The molecule has 0 unspecified atom stereocenters. The summed E-state index contributed by atoms with van der Waals surface area (Å²) in [4.78, 5) is 2.52. The normalized spacial score (nSPS) is 16.7. The molecule has 2 rings (SSSR count). The second kappa shape index (κ2) is 8.05. The first kappa shape index (κ1) is 16.6. The van der Waals surface area contributed by atoms with E-state index in [0.29, 0.717) is 0 Å². The summed E-state index contributed by atoms with van der Waals surface area (Å²) in [6.07, 6.45) is 3.76. The van der Waals surface area contributed by atoms with E-state index >= 15 is 0 Å². The highest BCUT2D eigenvalue weighted by Crippen LogP contribution is 2.31. The molecule has 1 aliphatic rings. The first-order valence-corrected chi connectivity index (χ1v) is 8.73. The van der Waals surface area contributed by atoms with Crippen LogP contribution in [0.2, 0.25) is 5.02 Å². The van der Waals surface area contributed by atoms with Crippen molar-refractivity contribution in [2.24, 2.45) is 11.8 Å². The van der Waals surface area contributed by atoms with Gasteiger partial charge < -0.3 is 10.2 Å². The van der Waals surface area contributed by atoms with Crippen LogP contribution in [-0.4, -0.2) is 19.6 Å². The fourth-order valence-electron chi connectivity index (χ4n) is 3.19. The molecule has 2 nitrogen and oxygen atoms in total. The van der Waals surface area contributed by atoms with Gasteiger partial charge in [0.1, 0.15) is 0 Å². The SMILES string of the molecule is CCCNCc1ccc(Cl)cc1N1CCC(C(C)C)CC1. The number of rotatable bonds is 6. The summed E-state index contributed by atoms with van der Waals surface area (Å²) in [5.74, 6) is 1.68. The Balaban J connectivity index is 2.06. The van der Waals surface area contributed by atoms with Crippen LogP contribution >= 0.6 is 11.6 Å². The average Bonchev–Trinajstić information content (AvgIpc) is 2.49. The molecular formula is C18H29ClN2. The lowest BCUT2D eigenvalue weighted by atomic mass is 9.86. The summed E-state index contributed by atoms with van der Waals surface area (Å²) in [5, 5.41) is 4.35. The fourth-order valence-corrected chi connectivity index (χ4v) is 3.35. The Morgan fingerprint density at radius 1 is 1.29 bits per heavy atom. The monoisotopic (exact) mass is 308 g/mol. The molecule has 1 aliphatic heterocycles. The topological polar surface area (TPSA) is 15.3 Å². The van der Waals surface area contributed by atoms with E-state index in [0.717, 1.165) is 43.0 Å². The summed E-state index contributed by atoms with van der Waals surface area (Å²) < 4.78 is 0. The van der Waals surface area contributed by atoms with Gasteiger partial charge in [0.05, 0.1) is 0 Å². The van der Waals surface area contributed by atoms with E-state index in [1.807, 2.05) is 6.07 Å². The molecule has 0 atom stereocenters. The Bertz CT molecular complexity index is 437. The van der Waals surface area contributed by atoms with E-state index in [2.05, 4.69) is 43.1 Å². The van der Waals surface area contributed by atoms with Crippen LogP contribution in [0.15, 0.2) is 18.2 Å². The minimum absolute atomic E-state index is 0.803. The summed E-state index contributed by atoms with van der Waals surface area (Å²) in [5.41, 5.74) is 2.70. The van der Waals surface area contributed by atoms with Crippen LogP contribution in [0.5, 0.6) is 0 Å². The lowest BCUT2D eigenvalue weighted by Gasteiger charge is -2.36. The maximum absolute atomic E-state index is 6.23. The van der Waals surface area contributed by atoms with E-state index < -0.39 is 0 Å². The highest BCUT2D eigenvalue weighted by atomic mass is 35.5. The summed E-state index contributed by atoms with van der Waals surface area (Å²) >= 11 is 6.23. The third-order valence-electron chi connectivity index (χ3n) is 4.61. The van der Waals surface area contributed by atoms with Crippen molar-refractivity contribution >= 4 is 17.3 Å². The summed E-state index contributed by atoms with van der Waals surface area (Å²) in [7, 11) is 0. The van der Waals surface area contributed by atoms with Gasteiger partial charge in [-0.25, -0.2) is 0 Å². The standard InChI is InChI=1S/C18H29ClN2/c1-4-9-20-13-16-5-6-17(19)12-18(16)21-10-7-15(8-11-21)14(2)3/h5-6,12,14-15,20H,4,7-11,13H2,1-3H3. The number of nitrogens with zero attached hydrogens (tertiary/aromatic N) is 1. The second-order valence-corrected chi connectivity index (χ2v) is 6.95. The number of benzene rings is 1. The van der Waals surface area contributed by atoms with E-state index in [9.17, 15) is 0 Å². The van der Waals surface area contributed by atoms with Crippen molar-refractivity contribution < 1.29 is 0 Å². The largest absolute Gasteiger partial charge is 0.371 e. The van der Waals surface area contributed by atoms with Crippen LogP contribution < -0.4 is 10.2 Å². The molecule has 0 aliphatic carbocycles. The molecule has 1 saturated heterocycles. The predicted molar refractivity (Wildman–Crippen MR) is 93.2 cm³/mol. The number of hydrogen-bond acceptors (Lipinski definition) is 2. The van der Waals surface area contributed by atoms with Crippen molar-refractivity contribution in [2.45, 2.75) is 46.6 Å². The van der Waals surface area contributed by atoms with Gasteiger partial charge in [-0.05, 0) is 55.3 Å². The van der Waals surface area contributed by atoms with Crippen molar-refractivity contribution in [3.63, 3.8) is 0 Å². The lowest BCUT2D eigenvalue weighted by molar-refractivity contribution is 0.311. The Morgan fingerprint density at radius 2 is 2.00 bits per heavy atom. The Kier molecular flexibility index (Phi) is 6.38. The van der Waals surface area contributed by atoms with Gasteiger partial charge in [-0.3, -0.25) is 0 Å². The van der Waals surface area contributed by atoms with Gasteiger partial charge >= 0.3 is 0 Å². The minimum Gasteiger partial charge on any atom is -0.371 e. The van der Waals surface area contributed by atoms with E-state index in [4.69, 9.17) is 11.6 Å². The smallest absolute Gasteiger partial charge is 0.0426 e. The van der Waals surface area contributed by atoms with Crippen LogP contribution in [0.3, 0.4) is 0 Å². The first-order chi connectivity index (χ1) is 10.1. The Morgan fingerprint density at radius 3 is 2.62 bits per heavy atom. The average molecular weight is 309 g/mol. The number of piperidine rings is 1. The van der Waals surface area contributed by atoms with Gasteiger partial charge in [0.15, 0.2) is 0 Å².